The van der Waals surface area contributed by atoms with Crippen molar-refractivity contribution >= 4 is 35.2 Å². The summed E-state index contributed by atoms with van der Waals surface area (Å²) in [6.45, 7) is 1.27. The van der Waals surface area contributed by atoms with Gasteiger partial charge in [0.25, 0.3) is 0 Å². The van der Waals surface area contributed by atoms with Crippen molar-refractivity contribution in [2.75, 3.05) is 31.3 Å². The maximum Gasteiger partial charge on any atom is 0.323 e. The molecule has 1 aromatic carbocycles. The summed E-state index contributed by atoms with van der Waals surface area (Å²) in [7, 11) is 1.42. The number of thioether (sulfide) groups is 2. The molecule has 3 atom stereocenters. The standard InChI is InChI=1S/C15H21N3O3S2/c1-20-15(19)11-8-22-13(18-11)14-17-10-4-3-9(7-12(10)23-14)21-6-2-5-16/h3-4,7,11,13-14,17-18H,2,5-6,8,16H2,1H3/t11?,13-,14?/m0/s1. The van der Waals surface area contributed by atoms with Crippen molar-refractivity contribution in [3.05, 3.63) is 18.2 Å². The fourth-order valence-electron chi connectivity index (χ4n) is 2.49. The minimum atomic E-state index is -0.226. The smallest absolute Gasteiger partial charge is 0.323 e. The molecule has 0 spiro atoms. The fourth-order valence-corrected chi connectivity index (χ4v) is 5.12. The van der Waals surface area contributed by atoms with Crippen LogP contribution in [-0.4, -0.2) is 48.8 Å². The van der Waals surface area contributed by atoms with Gasteiger partial charge >= 0.3 is 5.97 Å². The van der Waals surface area contributed by atoms with Crippen LogP contribution in [0.5, 0.6) is 5.75 Å². The largest absolute Gasteiger partial charge is 0.494 e. The number of fused-ring (bicyclic) bond motifs is 1. The van der Waals surface area contributed by atoms with E-state index in [9.17, 15) is 4.79 Å². The van der Waals surface area contributed by atoms with Crippen molar-refractivity contribution in [1.82, 2.24) is 5.32 Å². The number of ether oxygens (including phenoxy) is 2. The lowest BCUT2D eigenvalue weighted by molar-refractivity contribution is -0.142. The van der Waals surface area contributed by atoms with E-state index < -0.39 is 0 Å². The first-order valence-electron chi connectivity index (χ1n) is 7.57. The quantitative estimate of drug-likeness (QED) is 0.522. The molecule has 0 aromatic heterocycles. The molecule has 3 rings (SSSR count). The van der Waals surface area contributed by atoms with Gasteiger partial charge < -0.3 is 20.5 Å². The Labute approximate surface area is 144 Å². The Morgan fingerprint density at radius 2 is 2.30 bits per heavy atom. The number of hydrogen-bond donors (Lipinski definition) is 3. The second-order valence-electron chi connectivity index (χ2n) is 5.33. The van der Waals surface area contributed by atoms with Crippen molar-refractivity contribution in [2.45, 2.75) is 28.1 Å². The lowest BCUT2D eigenvalue weighted by atomic mass is 10.3. The molecule has 0 amide bonds. The maximum absolute atomic E-state index is 11.6. The minimum absolute atomic E-state index is 0.165. The number of methoxy groups -OCH3 is 1. The molecular formula is C15H21N3O3S2. The summed E-state index contributed by atoms with van der Waals surface area (Å²) in [4.78, 5) is 12.8. The van der Waals surface area contributed by atoms with Crippen LogP contribution in [0, 0.1) is 0 Å². The molecule has 2 unspecified atom stereocenters. The van der Waals surface area contributed by atoms with Crippen LogP contribution in [0.2, 0.25) is 0 Å². The zero-order valence-corrected chi connectivity index (χ0v) is 14.5. The van der Waals surface area contributed by atoms with Crippen molar-refractivity contribution in [1.29, 1.82) is 0 Å². The van der Waals surface area contributed by atoms with Gasteiger partial charge in [0.2, 0.25) is 0 Å². The number of rotatable bonds is 6. The Morgan fingerprint density at radius 3 is 3.09 bits per heavy atom. The number of esters is 1. The van der Waals surface area contributed by atoms with E-state index in [1.165, 1.54) is 12.0 Å². The monoisotopic (exact) mass is 355 g/mol. The van der Waals surface area contributed by atoms with Crippen molar-refractivity contribution in [2.24, 2.45) is 5.73 Å². The molecule has 23 heavy (non-hydrogen) atoms. The first-order chi connectivity index (χ1) is 11.2. The zero-order chi connectivity index (χ0) is 16.2. The highest BCUT2D eigenvalue weighted by molar-refractivity contribution is 8.04. The van der Waals surface area contributed by atoms with E-state index in [1.54, 1.807) is 23.5 Å². The lowest BCUT2D eigenvalue weighted by Crippen LogP contribution is -2.42. The van der Waals surface area contributed by atoms with Crippen LogP contribution in [0.25, 0.3) is 0 Å². The molecule has 1 fully saturated rings. The van der Waals surface area contributed by atoms with E-state index in [0.717, 1.165) is 23.6 Å². The molecule has 0 bridgehead atoms. The molecule has 1 aromatic rings. The number of hydrogen-bond acceptors (Lipinski definition) is 8. The summed E-state index contributed by atoms with van der Waals surface area (Å²) < 4.78 is 10.5. The minimum Gasteiger partial charge on any atom is -0.494 e. The average molecular weight is 355 g/mol. The number of anilines is 1. The van der Waals surface area contributed by atoms with Gasteiger partial charge in [-0.1, -0.05) is 11.8 Å². The van der Waals surface area contributed by atoms with E-state index in [-0.39, 0.29) is 22.8 Å². The molecule has 2 heterocycles. The third-order valence-corrected chi connectivity index (χ3v) is 6.39. The third kappa shape index (κ3) is 3.88. The summed E-state index contributed by atoms with van der Waals surface area (Å²) in [6.07, 6.45) is 0.850. The highest BCUT2D eigenvalue weighted by atomic mass is 32.2. The van der Waals surface area contributed by atoms with Gasteiger partial charge in [-0.25, -0.2) is 0 Å². The van der Waals surface area contributed by atoms with Crippen LogP contribution in [0.4, 0.5) is 5.69 Å². The van der Waals surface area contributed by atoms with E-state index >= 15 is 0 Å². The summed E-state index contributed by atoms with van der Waals surface area (Å²) in [5.74, 6) is 1.41. The average Bonchev–Trinajstić information content (AvgIpc) is 3.20. The highest BCUT2D eigenvalue weighted by Crippen LogP contribution is 2.44. The normalized spacial score (nSPS) is 25.7. The van der Waals surface area contributed by atoms with Crippen LogP contribution < -0.4 is 21.1 Å². The van der Waals surface area contributed by atoms with Crippen LogP contribution in [0.1, 0.15) is 6.42 Å². The highest BCUT2D eigenvalue weighted by Gasteiger charge is 2.38. The number of benzene rings is 1. The first-order valence-corrected chi connectivity index (χ1v) is 9.49. The van der Waals surface area contributed by atoms with Crippen LogP contribution >= 0.6 is 23.5 Å². The Kier molecular flexibility index (Phi) is 5.58. The Bertz CT molecular complexity index is 573. The molecule has 1 saturated heterocycles. The summed E-state index contributed by atoms with van der Waals surface area (Å²) in [5.41, 5.74) is 6.58. The number of carbonyl (C=O) groups is 1. The van der Waals surface area contributed by atoms with Gasteiger partial charge in [0.1, 0.15) is 17.2 Å². The Morgan fingerprint density at radius 1 is 1.43 bits per heavy atom. The predicted octanol–water partition coefficient (Wildman–Crippen LogP) is 1.46. The van der Waals surface area contributed by atoms with Gasteiger partial charge in [-0.15, -0.1) is 11.8 Å². The molecule has 4 N–H and O–H groups in total. The number of nitrogens with one attached hydrogen (secondary N) is 2. The summed E-state index contributed by atoms with van der Waals surface area (Å²) >= 11 is 3.50. The van der Waals surface area contributed by atoms with Gasteiger partial charge in [0, 0.05) is 16.3 Å². The van der Waals surface area contributed by atoms with Crippen LogP contribution in [-0.2, 0) is 9.53 Å². The molecule has 2 aliphatic rings. The number of carbonyl (C=O) groups excluding carboxylic acids is 1. The van der Waals surface area contributed by atoms with Crippen LogP contribution in [0.15, 0.2) is 23.1 Å². The Balaban J connectivity index is 1.58. The van der Waals surface area contributed by atoms with Gasteiger partial charge in [0.15, 0.2) is 0 Å². The Hall–Kier alpha value is -1.09. The van der Waals surface area contributed by atoms with Crippen LogP contribution in [0.3, 0.4) is 0 Å². The summed E-state index contributed by atoms with van der Waals surface area (Å²) in [5, 5.41) is 7.18. The molecule has 0 aliphatic carbocycles. The molecule has 0 saturated carbocycles. The third-order valence-electron chi connectivity index (χ3n) is 3.69. The van der Waals surface area contributed by atoms with E-state index in [1.807, 2.05) is 12.1 Å². The van der Waals surface area contributed by atoms with Gasteiger partial charge in [-0.05, 0) is 31.2 Å². The maximum atomic E-state index is 11.6. The van der Waals surface area contributed by atoms with Gasteiger partial charge in [-0.3, -0.25) is 10.1 Å². The first kappa shape index (κ1) is 16.8. The fraction of sp³-hybridized carbons (Fsp3) is 0.533. The second kappa shape index (κ2) is 7.65. The molecule has 0 radical (unpaired) electrons. The SMILES string of the molecule is COC(=O)C1CS[C@@H](C2Nc3ccc(OCCCN)cc3S2)N1. The molecular weight excluding hydrogens is 334 g/mol. The van der Waals surface area contributed by atoms with Gasteiger partial charge in [-0.2, -0.15) is 0 Å². The topological polar surface area (TPSA) is 85.6 Å². The van der Waals surface area contributed by atoms with Crippen molar-refractivity contribution < 1.29 is 14.3 Å². The predicted molar refractivity (Wildman–Crippen MR) is 94.1 cm³/mol. The lowest BCUT2D eigenvalue weighted by Gasteiger charge is -2.18. The number of nitrogens with two attached hydrogens (primary N) is 1. The van der Waals surface area contributed by atoms with Crippen molar-refractivity contribution in [3.63, 3.8) is 0 Å². The van der Waals surface area contributed by atoms with Gasteiger partial charge in [0.05, 0.1) is 19.1 Å². The van der Waals surface area contributed by atoms with E-state index in [0.29, 0.717) is 13.2 Å². The zero-order valence-electron chi connectivity index (χ0n) is 12.9. The molecule has 2 aliphatic heterocycles. The second-order valence-corrected chi connectivity index (χ2v) is 7.69. The molecule has 126 valence electrons. The van der Waals surface area contributed by atoms with E-state index in [2.05, 4.69) is 16.7 Å². The van der Waals surface area contributed by atoms with E-state index in [4.69, 9.17) is 15.2 Å². The molecule has 8 heteroatoms. The summed E-state index contributed by atoms with van der Waals surface area (Å²) in [6, 6.07) is 5.84. The van der Waals surface area contributed by atoms with Crippen molar-refractivity contribution in [3.8, 4) is 5.75 Å². The molecule has 6 nitrogen and oxygen atoms in total.